The molecule has 1 N–H and O–H groups in total. The molecule has 0 fully saturated rings. The Morgan fingerprint density at radius 3 is 2.24 bits per heavy atom. The summed E-state index contributed by atoms with van der Waals surface area (Å²) in [5.74, 6) is -0.476. The standard InChI is InChI=1S/C11H12O2.C6H11NO/c1-2-11(12)13-9-8-10-6-4-3-5-7-10;1-4-6(8)7-5(2)3/h2-7H,1,8-9H2;4-5H,1H2,2-3H3,(H,7,8). The van der Waals surface area contributed by atoms with Crippen molar-refractivity contribution in [1.29, 1.82) is 0 Å². The Bertz CT molecular complexity index is 452. The minimum Gasteiger partial charge on any atom is -0.462 e. The zero-order valence-corrected chi connectivity index (χ0v) is 12.7. The molecule has 1 rings (SSSR count). The van der Waals surface area contributed by atoms with Crippen LogP contribution in [0.1, 0.15) is 19.4 Å². The minimum absolute atomic E-state index is 0.111. The normalized spacial score (nSPS) is 9.10. The van der Waals surface area contributed by atoms with E-state index in [2.05, 4.69) is 18.5 Å². The number of nitrogens with one attached hydrogen (secondary N) is 1. The first-order valence-electron chi connectivity index (χ1n) is 6.75. The van der Waals surface area contributed by atoms with Gasteiger partial charge in [0.15, 0.2) is 0 Å². The molecule has 0 atom stereocenters. The summed E-state index contributed by atoms with van der Waals surface area (Å²) >= 11 is 0. The predicted octanol–water partition coefficient (Wildman–Crippen LogP) is 2.66. The van der Waals surface area contributed by atoms with Gasteiger partial charge in [0.2, 0.25) is 5.91 Å². The third kappa shape index (κ3) is 11.2. The maximum atomic E-state index is 10.7. The quantitative estimate of drug-likeness (QED) is 0.647. The number of ether oxygens (including phenoxy) is 1. The molecule has 0 aliphatic rings. The second-order valence-electron chi connectivity index (χ2n) is 4.47. The van der Waals surface area contributed by atoms with Crippen molar-refractivity contribution in [3.63, 3.8) is 0 Å². The Morgan fingerprint density at radius 1 is 1.19 bits per heavy atom. The molecule has 0 heterocycles. The van der Waals surface area contributed by atoms with Crippen LogP contribution in [0.5, 0.6) is 0 Å². The molecule has 0 bridgehead atoms. The summed E-state index contributed by atoms with van der Waals surface area (Å²) < 4.78 is 4.84. The van der Waals surface area contributed by atoms with Gasteiger partial charge in [-0.15, -0.1) is 0 Å². The number of benzene rings is 1. The molecule has 1 aromatic rings. The smallest absolute Gasteiger partial charge is 0.330 e. The Morgan fingerprint density at radius 2 is 1.81 bits per heavy atom. The zero-order chi connectivity index (χ0) is 16.1. The van der Waals surface area contributed by atoms with Crippen LogP contribution in [0.4, 0.5) is 0 Å². The molecule has 0 aliphatic carbocycles. The monoisotopic (exact) mass is 289 g/mol. The summed E-state index contributed by atoms with van der Waals surface area (Å²) in [6.45, 7) is 10.8. The molecule has 0 aliphatic heterocycles. The average Bonchev–Trinajstić information content (AvgIpc) is 2.48. The van der Waals surface area contributed by atoms with Crippen molar-refractivity contribution in [3.05, 3.63) is 61.2 Å². The Balaban J connectivity index is 0.000000433. The minimum atomic E-state index is -0.365. The van der Waals surface area contributed by atoms with E-state index in [1.807, 2.05) is 44.2 Å². The van der Waals surface area contributed by atoms with Crippen LogP contribution < -0.4 is 5.32 Å². The lowest BCUT2D eigenvalue weighted by molar-refractivity contribution is -0.137. The van der Waals surface area contributed by atoms with Gasteiger partial charge >= 0.3 is 5.97 Å². The van der Waals surface area contributed by atoms with Gasteiger partial charge in [-0.3, -0.25) is 4.79 Å². The SMILES string of the molecule is C=CC(=O)NC(C)C.C=CC(=O)OCCc1ccccc1. The number of carbonyl (C=O) groups is 2. The summed E-state index contributed by atoms with van der Waals surface area (Å²) in [7, 11) is 0. The highest BCUT2D eigenvalue weighted by Crippen LogP contribution is 1.99. The third-order valence-electron chi connectivity index (χ3n) is 2.26. The van der Waals surface area contributed by atoms with Crippen molar-refractivity contribution in [2.75, 3.05) is 6.61 Å². The molecular weight excluding hydrogens is 266 g/mol. The van der Waals surface area contributed by atoms with E-state index in [0.717, 1.165) is 6.42 Å². The lowest BCUT2D eigenvalue weighted by Gasteiger charge is -2.02. The lowest BCUT2D eigenvalue weighted by Crippen LogP contribution is -2.27. The van der Waals surface area contributed by atoms with Gasteiger partial charge < -0.3 is 10.1 Å². The number of hydrogen-bond donors (Lipinski definition) is 1. The van der Waals surface area contributed by atoms with Gasteiger partial charge in [0, 0.05) is 18.5 Å². The van der Waals surface area contributed by atoms with Crippen LogP contribution in [0.15, 0.2) is 55.6 Å². The van der Waals surface area contributed by atoms with Gasteiger partial charge in [-0.05, 0) is 25.5 Å². The molecule has 0 aromatic heterocycles. The number of esters is 1. The summed E-state index contributed by atoms with van der Waals surface area (Å²) in [5, 5.41) is 2.64. The highest BCUT2D eigenvalue weighted by Gasteiger charge is 1.95. The highest BCUT2D eigenvalue weighted by atomic mass is 16.5. The van der Waals surface area contributed by atoms with E-state index in [0.29, 0.717) is 6.61 Å². The Hall–Kier alpha value is -2.36. The zero-order valence-electron chi connectivity index (χ0n) is 12.7. The molecule has 1 amide bonds. The average molecular weight is 289 g/mol. The maximum Gasteiger partial charge on any atom is 0.330 e. The first kappa shape index (κ1) is 18.6. The van der Waals surface area contributed by atoms with E-state index >= 15 is 0 Å². The summed E-state index contributed by atoms with van der Waals surface area (Å²) in [6.07, 6.45) is 3.19. The number of amides is 1. The molecule has 0 unspecified atom stereocenters. The van der Waals surface area contributed by atoms with E-state index in [-0.39, 0.29) is 17.9 Å². The first-order valence-corrected chi connectivity index (χ1v) is 6.75. The topological polar surface area (TPSA) is 55.4 Å². The van der Waals surface area contributed by atoms with Crippen molar-refractivity contribution in [3.8, 4) is 0 Å². The van der Waals surface area contributed by atoms with Crippen molar-refractivity contribution in [2.24, 2.45) is 0 Å². The molecule has 0 spiro atoms. The fourth-order valence-electron chi connectivity index (χ4n) is 1.32. The van der Waals surface area contributed by atoms with Crippen LogP contribution in [0.3, 0.4) is 0 Å². The second kappa shape index (κ2) is 11.5. The van der Waals surface area contributed by atoms with Crippen molar-refractivity contribution in [2.45, 2.75) is 26.3 Å². The summed E-state index contributed by atoms with van der Waals surface area (Å²) in [5.41, 5.74) is 1.17. The highest BCUT2D eigenvalue weighted by molar-refractivity contribution is 5.86. The summed E-state index contributed by atoms with van der Waals surface area (Å²) in [4.78, 5) is 21.1. The largest absolute Gasteiger partial charge is 0.462 e. The van der Waals surface area contributed by atoms with Gasteiger partial charge in [0.25, 0.3) is 0 Å². The number of carbonyl (C=O) groups excluding carboxylic acids is 2. The number of rotatable bonds is 6. The third-order valence-corrected chi connectivity index (χ3v) is 2.26. The fraction of sp³-hybridized carbons (Fsp3) is 0.294. The van der Waals surface area contributed by atoms with E-state index in [1.54, 1.807) is 0 Å². The molecule has 0 radical (unpaired) electrons. The van der Waals surface area contributed by atoms with Crippen LogP contribution in [-0.2, 0) is 20.7 Å². The van der Waals surface area contributed by atoms with Gasteiger partial charge in [0.1, 0.15) is 0 Å². The van der Waals surface area contributed by atoms with Gasteiger partial charge in [-0.2, -0.15) is 0 Å². The Kier molecular flexibility index (Phi) is 10.2. The first-order chi connectivity index (χ1) is 9.99. The van der Waals surface area contributed by atoms with Gasteiger partial charge in [-0.25, -0.2) is 4.79 Å². The van der Waals surface area contributed by atoms with E-state index in [4.69, 9.17) is 4.74 Å². The number of hydrogen-bond acceptors (Lipinski definition) is 3. The Labute approximate surface area is 126 Å². The molecule has 1 aromatic carbocycles. The molecule has 21 heavy (non-hydrogen) atoms. The van der Waals surface area contributed by atoms with Crippen molar-refractivity contribution >= 4 is 11.9 Å². The van der Waals surface area contributed by atoms with Crippen LogP contribution in [0, 0.1) is 0 Å². The molecule has 4 nitrogen and oxygen atoms in total. The molecule has 0 saturated heterocycles. The van der Waals surface area contributed by atoms with Gasteiger partial charge in [0.05, 0.1) is 6.61 Å². The van der Waals surface area contributed by atoms with E-state index in [1.165, 1.54) is 17.7 Å². The van der Waals surface area contributed by atoms with Crippen LogP contribution in [-0.4, -0.2) is 24.5 Å². The van der Waals surface area contributed by atoms with Gasteiger partial charge in [-0.1, -0.05) is 43.5 Å². The van der Waals surface area contributed by atoms with Crippen molar-refractivity contribution < 1.29 is 14.3 Å². The predicted molar refractivity (Wildman–Crippen MR) is 84.8 cm³/mol. The fourth-order valence-corrected chi connectivity index (χ4v) is 1.32. The van der Waals surface area contributed by atoms with E-state index < -0.39 is 0 Å². The lowest BCUT2D eigenvalue weighted by atomic mass is 10.2. The van der Waals surface area contributed by atoms with Crippen LogP contribution in [0.25, 0.3) is 0 Å². The van der Waals surface area contributed by atoms with Crippen molar-refractivity contribution in [1.82, 2.24) is 5.32 Å². The second-order valence-corrected chi connectivity index (χ2v) is 4.47. The van der Waals surface area contributed by atoms with Crippen LogP contribution in [0.2, 0.25) is 0 Å². The van der Waals surface area contributed by atoms with Crippen LogP contribution >= 0.6 is 0 Å². The molecule has 0 saturated carbocycles. The van der Waals surface area contributed by atoms with E-state index in [9.17, 15) is 9.59 Å². The molecule has 114 valence electrons. The maximum absolute atomic E-state index is 10.7. The molecular formula is C17H23NO3. The molecule has 4 heteroatoms. The summed E-state index contributed by atoms with van der Waals surface area (Å²) in [6, 6.07) is 10.1.